The van der Waals surface area contributed by atoms with E-state index < -0.39 is 40.6 Å². The molecule has 1 atom stereocenters. The fourth-order valence-corrected chi connectivity index (χ4v) is 3.03. The molecule has 0 bridgehead atoms. The lowest BCUT2D eigenvalue weighted by Gasteiger charge is -2.16. The van der Waals surface area contributed by atoms with Gasteiger partial charge >= 0.3 is 6.18 Å². The van der Waals surface area contributed by atoms with Crippen molar-refractivity contribution in [2.75, 3.05) is 17.6 Å². The summed E-state index contributed by atoms with van der Waals surface area (Å²) in [6.07, 6.45) is -2.48. The van der Waals surface area contributed by atoms with Crippen LogP contribution in [0.2, 0.25) is 5.02 Å². The number of aromatic nitrogens is 1. The Labute approximate surface area is 170 Å². The number of hydrogen-bond acceptors (Lipinski definition) is 5. The van der Waals surface area contributed by atoms with Crippen LogP contribution < -0.4 is 14.8 Å². The van der Waals surface area contributed by atoms with Gasteiger partial charge in [-0.25, -0.2) is 13.4 Å². The van der Waals surface area contributed by atoms with E-state index in [1.54, 1.807) is 31.2 Å². The SMILES string of the molecule is CC(NC(=O)c1cnc(OCC(F)(F)F)c(Cl)c1)c1cccc(NS(C)(=O)=O)c1. The third-order valence-electron chi connectivity index (χ3n) is 3.48. The predicted octanol–water partition coefficient (Wildman–Crippen LogP) is 3.54. The van der Waals surface area contributed by atoms with Gasteiger partial charge in [0.05, 0.1) is 17.9 Å². The van der Waals surface area contributed by atoms with E-state index in [0.717, 1.165) is 18.5 Å². The van der Waals surface area contributed by atoms with E-state index in [-0.39, 0.29) is 10.6 Å². The van der Waals surface area contributed by atoms with Crippen molar-refractivity contribution in [3.05, 3.63) is 52.7 Å². The van der Waals surface area contributed by atoms with Gasteiger partial charge in [-0.15, -0.1) is 0 Å². The summed E-state index contributed by atoms with van der Waals surface area (Å²) in [4.78, 5) is 16.0. The van der Waals surface area contributed by atoms with Crippen LogP contribution in [0.5, 0.6) is 5.88 Å². The third-order valence-corrected chi connectivity index (χ3v) is 4.36. The number of pyridine rings is 1. The summed E-state index contributed by atoms with van der Waals surface area (Å²) < 4.78 is 66.1. The van der Waals surface area contributed by atoms with Crippen molar-refractivity contribution in [1.82, 2.24) is 10.3 Å². The van der Waals surface area contributed by atoms with Crippen molar-refractivity contribution < 1.29 is 31.1 Å². The number of nitrogens with zero attached hydrogens (tertiary/aromatic N) is 1. The van der Waals surface area contributed by atoms with Crippen LogP contribution >= 0.6 is 11.6 Å². The van der Waals surface area contributed by atoms with Crippen molar-refractivity contribution in [3.63, 3.8) is 0 Å². The van der Waals surface area contributed by atoms with Crippen molar-refractivity contribution in [2.24, 2.45) is 0 Å². The maximum Gasteiger partial charge on any atom is 0.422 e. The Hall–Kier alpha value is -2.53. The van der Waals surface area contributed by atoms with Crippen molar-refractivity contribution in [3.8, 4) is 5.88 Å². The molecule has 0 saturated carbocycles. The molecule has 2 aromatic rings. The van der Waals surface area contributed by atoms with Crippen molar-refractivity contribution >= 4 is 33.2 Å². The molecule has 7 nitrogen and oxygen atoms in total. The quantitative estimate of drug-likeness (QED) is 0.671. The number of ether oxygens (including phenoxy) is 1. The molecule has 0 aliphatic heterocycles. The standard InChI is InChI=1S/C17H17ClF3N3O4S/c1-10(11-4-3-5-13(6-11)24-29(2,26)27)23-15(25)12-7-14(18)16(22-8-12)28-9-17(19,20)21/h3-8,10,24H,9H2,1-2H3,(H,23,25). The van der Waals surface area contributed by atoms with Crippen molar-refractivity contribution in [2.45, 2.75) is 19.1 Å². The highest BCUT2D eigenvalue weighted by Gasteiger charge is 2.29. The summed E-state index contributed by atoms with van der Waals surface area (Å²) in [6, 6.07) is 7.07. The number of carbonyl (C=O) groups is 1. The van der Waals surface area contributed by atoms with Gasteiger partial charge in [0.1, 0.15) is 5.02 Å². The van der Waals surface area contributed by atoms with Gasteiger partial charge in [0, 0.05) is 11.9 Å². The first-order valence-electron chi connectivity index (χ1n) is 8.08. The number of benzene rings is 1. The monoisotopic (exact) mass is 451 g/mol. The number of nitrogens with one attached hydrogen (secondary N) is 2. The van der Waals surface area contributed by atoms with Crippen LogP contribution in [0.15, 0.2) is 36.5 Å². The number of anilines is 1. The number of hydrogen-bond donors (Lipinski definition) is 2. The van der Waals surface area contributed by atoms with Gasteiger partial charge in [0.25, 0.3) is 5.91 Å². The molecule has 158 valence electrons. The Morgan fingerprint density at radius 3 is 2.59 bits per heavy atom. The lowest BCUT2D eigenvalue weighted by Crippen LogP contribution is -2.27. The van der Waals surface area contributed by atoms with Crippen LogP contribution in [0, 0.1) is 0 Å². The Morgan fingerprint density at radius 1 is 1.31 bits per heavy atom. The van der Waals surface area contributed by atoms with Gasteiger partial charge in [0.2, 0.25) is 15.9 Å². The topological polar surface area (TPSA) is 97.4 Å². The first-order chi connectivity index (χ1) is 13.3. The molecule has 0 saturated heterocycles. The molecule has 0 fully saturated rings. The minimum Gasteiger partial charge on any atom is -0.467 e. The van der Waals surface area contributed by atoms with E-state index in [4.69, 9.17) is 11.6 Å². The first kappa shape index (κ1) is 22.8. The molecular weight excluding hydrogens is 435 g/mol. The van der Waals surface area contributed by atoms with Gasteiger partial charge in [-0.2, -0.15) is 13.2 Å². The maximum atomic E-state index is 12.4. The molecule has 0 radical (unpaired) electrons. The summed E-state index contributed by atoms with van der Waals surface area (Å²) >= 11 is 5.84. The number of rotatable bonds is 7. The number of carbonyl (C=O) groups excluding carboxylic acids is 1. The molecule has 1 amide bonds. The smallest absolute Gasteiger partial charge is 0.422 e. The molecule has 2 rings (SSSR count). The minimum absolute atomic E-state index is 0.0200. The summed E-state index contributed by atoms with van der Waals surface area (Å²) in [5, 5.41) is 2.43. The molecule has 2 N–H and O–H groups in total. The lowest BCUT2D eigenvalue weighted by molar-refractivity contribution is -0.154. The van der Waals surface area contributed by atoms with Gasteiger partial charge in [0.15, 0.2) is 6.61 Å². The maximum absolute atomic E-state index is 12.4. The second-order valence-electron chi connectivity index (χ2n) is 6.11. The number of sulfonamides is 1. The highest BCUT2D eigenvalue weighted by atomic mass is 35.5. The molecule has 0 spiro atoms. The number of alkyl halides is 3. The second-order valence-corrected chi connectivity index (χ2v) is 8.27. The van der Waals surface area contributed by atoms with Gasteiger partial charge in [-0.1, -0.05) is 23.7 Å². The molecule has 0 aliphatic rings. The third kappa shape index (κ3) is 7.42. The number of halogens is 4. The highest BCUT2D eigenvalue weighted by molar-refractivity contribution is 7.92. The zero-order valence-electron chi connectivity index (χ0n) is 15.2. The zero-order chi connectivity index (χ0) is 21.8. The summed E-state index contributed by atoms with van der Waals surface area (Å²) in [7, 11) is -3.45. The number of amides is 1. The highest BCUT2D eigenvalue weighted by Crippen LogP contribution is 2.25. The first-order valence-corrected chi connectivity index (χ1v) is 10.3. The molecular formula is C17H17ClF3N3O4S. The van der Waals surface area contributed by atoms with E-state index in [1.165, 1.54) is 0 Å². The predicted molar refractivity (Wildman–Crippen MR) is 102 cm³/mol. The Morgan fingerprint density at radius 2 is 2.00 bits per heavy atom. The normalized spacial score (nSPS) is 12.9. The summed E-state index contributed by atoms with van der Waals surface area (Å²) in [5.41, 5.74) is 0.977. The Kier molecular flexibility index (Phi) is 6.96. The molecule has 1 unspecified atom stereocenters. The van der Waals surface area contributed by atoms with E-state index in [1.807, 2.05) is 0 Å². The van der Waals surface area contributed by atoms with Crippen molar-refractivity contribution in [1.29, 1.82) is 0 Å². The van der Waals surface area contributed by atoms with Gasteiger partial charge in [-0.05, 0) is 30.7 Å². The molecule has 1 aromatic heterocycles. The largest absolute Gasteiger partial charge is 0.467 e. The molecule has 1 heterocycles. The van der Waals surface area contributed by atoms with Crippen LogP contribution in [0.25, 0.3) is 0 Å². The van der Waals surface area contributed by atoms with Crippen LogP contribution in [0.4, 0.5) is 18.9 Å². The molecule has 0 aliphatic carbocycles. The Balaban J connectivity index is 2.08. The van der Waals surface area contributed by atoms with Crippen LogP contribution in [-0.2, 0) is 10.0 Å². The Bertz CT molecular complexity index is 1000. The summed E-state index contributed by atoms with van der Waals surface area (Å²) in [5.74, 6) is -1.01. The van der Waals surface area contributed by atoms with Gasteiger partial charge in [-0.3, -0.25) is 9.52 Å². The van der Waals surface area contributed by atoms with E-state index >= 15 is 0 Å². The van der Waals surface area contributed by atoms with Crippen LogP contribution in [0.3, 0.4) is 0 Å². The van der Waals surface area contributed by atoms with E-state index in [2.05, 4.69) is 19.8 Å². The summed E-state index contributed by atoms with van der Waals surface area (Å²) in [6.45, 7) is 0.119. The van der Waals surface area contributed by atoms with Gasteiger partial charge < -0.3 is 10.1 Å². The fourth-order valence-electron chi connectivity index (χ4n) is 2.25. The fraction of sp³-hybridized carbons (Fsp3) is 0.294. The van der Waals surface area contributed by atoms with E-state index in [9.17, 15) is 26.4 Å². The average Bonchev–Trinajstić information content (AvgIpc) is 2.58. The molecule has 1 aromatic carbocycles. The van der Waals surface area contributed by atoms with Crippen LogP contribution in [0.1, 0.15) is 28.9 Å². The lowest BCUT2D eigenvalue weighted by atomic mass is 10.1. The molecule has 29 heavy (non-hydrogen) atoms. The van der Waals surface area contributed by atoms with Crippen LogP contribution in [-0.4, -0.2) is 38.3 Å². The second kappa shape index (κ2) is 8.87. The molecule has 12 heteroatoms. The minimum atomic E-state index is -4.54. The van der Waals surface area contributed by atoms with E-state index in [0.29, 0.717) is 11.3 Å². The average molecular weight is 452 g/mol. The zero-order valence-corrected chi connectivity index (χ0v) is 16.8.